The van der Waals surface area contributed by atoms with Crippen molar-refractivity contribution in [1.82, 2.24) is 5.32 Å². The van der Waals surface area contributed by atoms with E-state index in [4.69, 9.17) is 5.11 Å². The Morgan fingerprint density at radius 2 is 2.25 bits per heavy atom. The van der Waals surface area contributed by atoms with Crippen LogP contribution in [0.4, 0.5) is 0 Å². The second-order valence-electron chi connectivity index (χ2n) is 3.32. The molecule has 0 heterocycles. The lowest BCUT2D eigenvalue weighted by molar-refractivity contribution is -0.120. The van der Waals surface area contributed by atoms with Crippen LogP contribution in [0.1, 0.15) is 19.8 Å². The van der Waals surface area contributed by atoms with Crippen LogP contribution in [0.15, 0.2) is 0 Å². The Morgan fingerprint density at radius 3 is 2.67 bits per heavy atom. The standard InChI is InChI=1S/C8H15NO3/c1-5(11)9-7-3-2-6(4-10)8(7)12/h6-8,10,12H,2-4H2,1H3,(H,9,11)/t6-,7-,8-/m0/s1. The first-order valence-corrected chi connectivity index (χ1v) is 4.21. The predicted molar refractivity (Wildman–Crippen MR) is 43.4 cm³/mol. The number of carbonyl (C=O) groups excluding carboxylic acids is 1. The van der Waals surface area contributed by atoms with Gasteiger partial charge < -0.3 is 15.5 Å². The highest BCUT2D eigenvalue weighted by Gasteiger charge is 2.34. The van der Waals surface area contributed by atoms with Crippen molar-refractivity contribution in [2.24, 2.45) is 5.92 Å². The van der Waals surface area contributed by atoms with E-state index in [0.717, 1.165) is 12.8 Å². The van der Waals surface area contributed by atoms with Crippen molar-refractivity contribution in [3.05, 3.63) is 0 Å². The van der Waals surface area contributed by atoms with E-state index in [1.54, 1.807) is 0 Å². The lowest BCUT2D eigenvalue weighted by atomic mass is 10.1. The summed E-state index contributed by atoms with van der Waals surface area (Å²) in [6.07, 6.45) is 0.952. The van der Waals surface area contributed by atoms with E-state index in [2.05, 4.69) is 5.32 Å². The molecule has 0 radical (unpaired) electrons. The fourth-order valence-corrected chi connectivity index (χ4v) is 1.68. The van der Waals surface area contributed by atoms with Gasteiger partial charge in [0.15, 0.2) is 0 Å². The van der Waals surface area contributed by atoms with E-state index in [0.29, 0.717) is 0 Å². The van der Waals surface area contributed by atoms with Gasteiger partial charge in [-0.1, -0.05) is 0 Å². The van der Waals surface area contributed by atoms with Crippen molar-refractivity contribution in [1.29, 1.82) is 0 Å². The van der Waals surface area contributed by atoms with E-state index >= 15 is 0 Å². The van der Waals surface area contributed by atoms with Gasteiger partial charge in [-0.25, -0.2) is 0 Å². The summed E-state index contributed by atoms with van der Waals surface area (Å²) in [6.45, 7) is 1.43. The fourth-order valence-electron chi connectivity index (χ4n) is 1.68. The van der Waals surface area contributed by atoms with Gasteiger partial charge in [0.25, 0.3) is 0 Å². The smallest absolute Gasteiger partial charge is 0.217 e. The number of amides is 1. The molecule has 4 heteroatoms. The van der Waals surface area contributed by atoms with Gasteiger partial charge in [-0.05, 0) is 12.8 Å². The third-order valence-corrected chi connectivity index (χ3v) is 2.37. The predicted octanol–water partition coefficient (Wildman–Crippen LogP) is -0.746. The van der Waals surface area contributed by atoms with E-state index in [-0.39, 0.29) is 24.5 Å². The van der Waals surface area contributed by atoms with Crippen LogP contribution in [-0.4, -0.2) is 34.9 Å². The molecule has 0 saturated heterocycles. The average Bonchev–Trinajstić information content (AvgIpc) is 2.32. The molecule has 0 aliphatic heterocycles. The molecular weight excluding hydrogens is 158 g/mol. The maximum atomic E-state index is 10.7. The maximum absolute atomic E-state index is 10.7. The lowest BCUT2D eigenvalue weighted by Gasteiger charge is -2.18. The molecule has 1 aliphatic rings. The zero-order valence-electron chi connectivity index (χ0n) is 7.16. The van der Waals surface area contributed by atoms with Gasteiger partial charge in [0.05, 0.1) is 12.1 Å². The summed E-state index contributed by atoms with van der Waals surface area (Å²) in [5.74, 6) is -0.195. The minimum absolute atomic E-state index is 0.00273. The molecule has 1 fully saturated rings. The number of aliphatic hydroxyl groups excluding tert-OH is 2. The van der Waals surface area contributed by atoms with E-state index in [1.165, 1.54) is 6.92 Å². The third-order valence-electron chi connectivity index (χ3n) is 2.37. The van der Waals surface area contributed by atoms with Crippen LogP contribution in [0.2, 0.25) is 0 Å². The van der Waals surface area contributed by atoms with Gasteiger partial charge in [0.2, 0.25) is 5.91 Å². The number of nitrogens with one attached hydrogen (secondary N) is 1. The number of carbonyl (C=O) groups is 1. The quantitative estimate of drug-likeness (QED) is 0.515. The summed E-state index contributed by atoms with van der Waals surface area (Å²) in [6, 6.07) is -0.167. The largest absolute Gasteiger partial charge is 0.396 e. The average molecular weight is 173 g/mol. The van der Waals surface area contributed by atoms with Gasteiger partial charge in [-0.2, -0.15) is 0 Å². The Bertz CT molecular complexity index is 172. The molecule has 0 bridgehead atoms. The molecule has 1 saturated carbocycles. The van der Waals surface area contributed by atoms with Crippen molar-refractivity contribution in [2.75, 3.05) is 6.61 Å². The number of hydrogen-bond acceptors (Lipinski definition) is 3. The maximum Gasteiger partial charge on any atom is 0.217 e. The van der Waals surface area contributed by atoms with Crippen molar-refractivity contribution in [2.45, 2.75) is 31.9 Å². The van der Waals surface area contributed by atoms with Crippen molar-refractivity contribution >= 4 is 5.91 Å². The normalized spacial score (nSPS) is 35.1. The minimum atomic E-state index is -0.584. The molecule has 4 nitrogen and oxygen atoms in total. The zero-order chi connectivity index (χ0) is 9.14. The summed E-state index contributed by atoms with van der Waals surface area (Å²) in [4.78, 5) is 10.7. The van der Waals surface area contributed by atoms with Crippen LogP contribution in [-0.2, 0) is 4.79 Å². The number of aliphatic hydroxyl groups is 2. The van der Waals surface area contributed by atoms with Crippen LogP contribution in [0.25, 0.3) is 0 Å². The highest BCUT2D eigenvalue weighted by Crippen LogP contribution is 2.25. The second-order valence-corrected chi connectivity index (χ2v) is 3.32. The van der Waals surface area contributed by atoms with Gasteiger partial charge in [-0.15, -0.1) is 0 Å². The van der Waals surface area contributed by atoms with Gasteiger partial charge in [-0.3, -0.25) is 4.79 Å². The molecule has 3 atom stereocenters. The van der Waals surface area contributed by atoms with E-state index < -0.39 is 6.10 Å². The Kier molecular flexibility index (Phi) is 3.05. The van der Waals surface area contributed by atoms with Gasteiger partial charge in [0.1, 0.15) is 0 Å². The molecule has 70 valence electrons. The summed E-state index contributed by atoms with van der Waals surface area (Å²) in [5.41, 5.74) is 0. The van der Waals surface area contributed by atoms with Crippen LogP contribution in [0.3, 0.4) is 0 Å². The minimum Gasteiger partial charge on any atom is -0.396 e. The molecule has 0 aromatic carbocycles. The van der Waals surface area contributed by atoms with Crippen LogP contribution >= 0.6 is 0 Å². The first-order valence-electron chi connectivity index (χ1n) is 4.21. The highest BCUT2D eigenvalue weighted by molar-refractivity contribution is 5.73. The molecule has 0 unspecified atom stereocenters. The number of hydrogen-bond donors (Lipinski definition) is 3. The molecule has 12 heavy (non-hydrogen) atoms. The first kappa shape index (κ1) is 9.48. The molecule has 3 N–H and O–H groups in total. The molecule has 0 aromatic rings. The fraction of sp³-hybridized carbons (Fsp3) is 0.875. The highest BCUT2D eigenvalue weighted by atomic mass is 16.3. The Morgan fingerprint density at radius 1 is 1.58 bits per heavy atom. The molecular formula is C8H15NO3. The monoisotopic (exact) mass is 173 g/mol. The first-order chi connectivity index (χ1) is 5.65. The molecule has 0 spiro atoms. The summed E-state index contributed by atoms with van der Waals surface area (Å²) in [5, 5.41) is 21.0. The Hall–Kier alpha value is -0.610. The van der Waals surface area contributed by atoms with Crippen LogP contribution in [0, 0.1) is 5.92 Å². The van der Waals surface area contributed by atoms with Gasteiger partial charge >= 0.3 is 0 Å². The molecule has 1 aliphatic carbocycles. The molecule has 1 amide bonds. The van der Waals surface area contributed by atoms with Gasteiger partial charge in [0, 0.05) is 19.4 Å². The Labute approximate surface area is 71.6 Å². The van der Waals surface area contributed by atoms with E-state index in [1.807, 2.05) is 0 Å². The SMILES string of the molecule is CC(=O)N[C@H]1CC[C@@H](CO)[C@@H]1O. The van der Waals surface area contributed by atoms with Crippen molar-refractivity contribution in [3.63, 3.8) is 0 Å². The number of rotatable bonds is 2. The van der Waals surface area contributed by atoms with Crippen molar-refractivity contribution in [3.8, 4) is 0 Å². The Balaban J connectivity index is 2.43. The summed E-state index contributed by atoms with van der Waals surface area (Å²) >= 11 is 0. The third kappa shape index (κ3) is 1.95. The van der Waals surface area contributed by atoms with E-state index in [9.17, 15) is 9.90 Å². The molecule has 1 rings (SSSR count). The topological polar surface area (TPSA) is 69.6 Å². The lowest BCUT2D eigenvalue weighted by Crippen LogP contribution is -2.41. The van der Waals surface area contributed by atoms with Crippen LogP contribution < -0.4 is 5.32 Å². The molecule has 0 aromatic heterocycles. The van der Waals surface area contributed by atoms with Crippen LogP contribution in [0.5, 0.6) is 0 Å². The van der Waals surface area contributed by atoms with Crippen molar-refractivity contribution < 1.29 is 15.0 Å². The summed E-state index contributed by atoms with van der Waals surface area (Å²) < 4.78 is 0. The summed E-state index contributed by atoms with van der Waals surface area (Å²) in [7, 11) is 0. The second kappa shape index (κ2) is 3.87. The zero-order valence-corrected chi connectivity index (χ0v) is 7.16.